The summed E-state index contributed by atoms with van der Waals surface area (Å²) >= 11 is 0. The third kappa shape index (κ3) is 3.32. The zero-order chi connectivity index (χ0) is 15.5. The van der Waals surface area contributed by atoms with Crippen LogP contribution in [0.4, 0.5) is 5.69 Å². The van der Waals surface area contributed by atoms with Crippen molar-refractivity contribution >= 4 is 15.7 Å². The van der Waals surface area contributed by atoms with Gasteiger partial charge >= 0.3 is 0 Å². The highest BCUT2D eigenvalue weighted by molar-refractivity contribution is 7.89. The van der Waals surface area contributed by atoms with Gasteiger partial charge in [-0.15, -0.1) is 0 Å². The molecule has 0 atom stereocenters. The average molecular weight is 298 g/mol. The molecule has 0 saturated carbocycles. The molecule has 0 bridgehead atoms. The fourth-order valence-electron chi connectivity index (χ4n) is 1.85. The lowest BCUT2D eigenvalue weighted by Gasteiger charge is -2.22. The van der Waals surface area contributed by atoms with Gasteiger partial charge in [0, 0.05) is 18.8 Å². The summed E-state index contributed by atoms with van der Waals surface area (Å²) in [7, 11) is -2.22. The van der Waals surface area contributed by atoms with Crippen molar-refractivity contribution in [2.75, 3.05) is 25.9 Å². The van der Waals surface area contributed by atoms with E-state index in [9.17, 15) is 8.42 Å². The Morgan fingerprint density at radius 2 is 2.05 bits per heavy atom. The second-order valence-electron chi connectivity index (χ2n) is 4.75. The van der Waals surface area contributed by atoms with E-state index in [0.717, 1.165) is 11.1 Å². The zero-order valence-corrected chi connectivity index (χ0v) is 13.3. The van der Waals surface area contributed by atoms with E-state index < -0.39 is 10.0 Å². The van der Waals surface area contributed by atoms with Crippen LogP contribution in [-0.4, -0.2) is 32.9 Å². The SMILES string of the molecule is C=C(C)CN(CC)S(=O)(=O)c1cc(N)c(C)cc1OC. The molecule has 1 rings (SSSR count). The lowest BCUT2D eigenvalue weighted by molar-refractivity contribution is 0.396. The standard InChI is InChI=1S/C14H22N2O3S/c1-6-16(9-10(2)3)20(17,18)14-8-12(15)11(4)7-13(14)19-5/h7-8H,2,6,9,15H2,1,3-5H3. The molecule has 0 aliphatic heterocycles. The fourth-order valence-corrected chi connectivity index (χ4v) is 3.53. The first kappa shape index (κ1) is 16.5. The molecule has 0 fully saturated rings. The molecule has 0 aliphatic carbocycles. The number of rotatable bonds is 6. The average Bonchev–Trinajstić information content (AvgIpc) is 2.37. The summed E-state index contributed by atoms with van der Waals surface area (Å²) < 4.78 is 31.9. The van der Waals surface area contributed by atoms with Gasteiger partial charge in [-0.3, -0.25) is 0 Å². The third-order valence-electron chi connectivity index (χ3n) is 2.97. The van der Waals surface area contributed by atoms with Crippen LogP contribution < -0.4 is 10.5 Å². The van der Waals surface area contributed by atoms with E-state index in [1.165, 1.54) is 17.5 Å². The van der Waals surface area contributed by atoms with Crippen LogP contribution in [0.1, 0.15) is 19.4 Å². The molecule has 0 unspecified atom stereocenters. The molecule has 0 heterocycles. The Morgan fingerprint density at radius 1 is 1.45 bits per heavy atom. The number of nitrogens with two attached hydrogens (primary N) is 1. The van der Waals surface area contributed by atoms with Crippen molar-refractivity contribution in [3.63, 3.8) is 0 Å². The molecule has 0 aliphatic rings. The Morgan fingerprint density at radius 3 is 2.50 bits per heavy atom. The second-order valence-corrected chi connectivity index (χ2v) is 6.65. The number of hydrogen-bond donors (Lipinski definition) is 1. The van der Waals surface area contributed by atoms with Crippen LogP contribution >= 0.6 is 0 Å². The predicted molar refractivity (Wildman–Crippen MR) is 81.4 cm³/mol. The van der Waals surface area contributed by atoms with Gasteiger partial charge in [-0.05, 0) is 31.5 Å². The maximum absolute atomic E-state index is 12.7. The summed E-state index contributed by atoms with van der Waals surface area (Å²) in [5.74, 6) is 0.303. The molecule has 5 nitrogen and oxygen atoms in total. The Bertz CT molecular complexity index is 609. The summed E-state index contributed by atoms with van der Waals surface area (Å²) in [5, 5.41) is 0. The van der Waals surface area contributed by atoms with Crippen molar-refractivity contribution < 1.29 is 13.2 Å². The van der Waals surface area contributed by atoms with E-state index >= 15 is 0 Å². The van der Waals surface area contributed by atoms with Gasteiger partial charge in [-0.2, -0.15) is 4.31 Å². The Hall–Kier alpha value is -1.53. The van der Waals surface area contributed by atoms with E-state index in [-0.39, 0.29) is 11.4 Å². The highest BCUT2D eigenvalue weighted by atomic mass is 32.2. The smallest absolute Gasteiger partial charge is 0.247 e. The van der Waals surface area contributed by atoms with E-state index in [0.29, 0.717) is 18.0 Å². The highest BCUT2D eigenvalue weighted by Gasteiger charge is 2.27. The number of hydrogen-bond acceptors (Lipinski definition) is 4. The van der Waals surface area contributed by atoms with Gasteiger partial charge in [0.1, 0.15) is 10.6 Å². The van der Waals surface area contributed by atoms with Crippen LogP contribution in [-0.2, 0) is 10.0 Å². The number of ether oxygens (including phenoxy) is 1. The van der Waals surface area contributed by atoms with Crippen molar-refractivity contribution in [2.45, 2.75) is 25.7 Å². The van der Waals surface area contributed by atoms with Gasteiger partial charge in [-0.1, -0.05) is 19.1 Å². The van der Waals surface area contributed by atoms with E-state index in [4.69, 9.17) is 10.5 Å². The minimum absolute atomic E-state index is 0.0891. The molecule has 0 saturated heterocycles. The summed E-state index contributed by atoms with van der Waals surface area (Å²) in [4.78, 5) is 0.0891. The van der Waals surface area contributed by atoms with E-state index in [1.54, 1.807) is 26.8 Å². The molecule has 0 radical (unpaired) electrons. The fraction of sp³-hybridized carbons (Fsp3) is 0.429. The van der Waals surface area contributed by atoms with Crippen molar-refractivity contribution in [2.24, 2.45) is 0 Å². The third-order valence-corrected chi connectivity index (χ3v) is 4.91. The number of likely N-dealkylation sites (N-methyl/N-ethyl adjacent to an activating group) is 1. The minimum atomic E-state index is -3.66. The van der Waals surface area contributed by atoms with Gasteiger partial charge in [0.05, 0.1) is 7.11 Å². The van der Waals surface area contributed by atoms with Crippen LogP contribution in [0.3, 0.4) is 0 Å². The number of nitrogen functional groups attached to an aromatic ring is 1. The zero-order valence-electron chi connectivity index (χ0n) is 12.4. The van der Waals surface area contributed by atoms with Crippen molar-refractivity contribution in [1.82, 2.24) is 4.31 Å². The Balaban J connectivity index is 3.40. The quantitative estimate of drug-likeness (QED) is 0.645. The number of methoxy groups -OCH3 is 1. The summed E-state index contributed by atoms with van der Waals surface area (Å²) in [6.45, 7) is 9.77. The van der Waals surface area contributed by atoms with E-state index in [2.05, 4.69) is 6.58 Å². The lowest BCUT2D eigenvalue weighted by atomic mass is 10.2. The topological polar surface area (TPSA) is 72.6 Å². The first-order chi connectivity index (χ1) is 9.23. The molecular weight excluding hydrogens is 276 g/mol. The van der Waals surface area contributed by atoms with Crippen LogP contribution in [0.5, 0.6) is 5.75 Å². The van der Waals surface area contributed by atoms with Gasteiger partial charge < -0.3 is 10.5 Å². The maximum Gasteiger partial charge on any atom is 0.247 e. The Kier molecular flexibility index (Phi) is 5.19. The molecule has 0 amide bonds. The van der Waals surface area contributed by atoms with Crippen molar-refractivity contribution in [1.29, 1.82) is 0 Å². The summed E-state index contributed by atoms with van der Waals surface area (Å²) in [6, 6.07) is 3.08. The molecular formula is C14H22N2O3S. The van der Waals surface area contributed by atoms with Gasteiger partial charge in [-0.25, -0.2) is 8.42 Å². The number of benzene rings is 1. The molecule has 0 aromatic heterocycles. The molecule has 6 heteroatoms. The van der Waals surface area contributed by atoms with Crippen LogP contribution in [0, 0.1) is 6.92 Å². The van der Waals surface area contributed by atoms with Gasteiger partial charge in [0.15, 0.2) is 0 Å². The maximum atomic E-state index is 12.7. The molecule has 20 heavy (non-hydrogen) atoms. The number of nitrogens with zero attached hydrogens (tertiary/aromatic N) is 1. The van der Waals surface area contributed by atoms with Crippen LogP contribution in [0.2, 0.25) is 0 Å². The van der Waals surface area contributed by atoms with Gasteiger partial charge in [0.2, 0.25) is 10.0 Å². The highest BCUT2D eigenvalue weighted by Crippen LogP contribution is 2.31. The largest absolute Gasteiger partial charge is 0.495 e. The first-order valence-corrected chi connectivity index (χ1v) is 7.76. The van der Waals surface area contributed by atoms with Gasteiger partial charge in [0.25, 0.3) is 0 Å². The summed E-state index contributed by atoms with van der Waals surface area (Å²) in [6.07, 6.45) is 0. The molecule has 0 spiro atoms. The van der Waals surface area contributed by atoms with Crippen LogP contribution in [0.15, 0.2) is 29.2 Å². The lowest BCUT2D eigenvalue weighted by Crippen LogP contribution is -2.32. The van der Waals surface area contributed by atoms with E-state index in [1.807, 2.05) is 0 Å². The monoisotopic (exact) mass is 298 g/mol. The number of sulfonamides is 1. The molecule has 1 aromatic carbocycles. The Labute approximate surface area is 121 Å². The molecule has 2 N–H and O–H groups in total. The minimum Gasteiger partial charge on any atom is -0.495 e. The van der Waals surface area contributed by atoms with Crippen molar-refractivity contribution in [3.8, 4) is 5.75 Å². The second kappa shape index (κ2) is 6.28. The summed E-state index contributed by atoms with van der Waals surface area (Å²) in [5.41, 5.74) is 7.81. The predicted octanol–water partition coefficient (Wildman–Crippen LogP) is 2.17. The molecule has 1 aromatic rings. The first-order valence-electron chi connectivity index (χ1n) is 6.32. The van der Waals surface area contributed by atoms with Crippen molar-refractivity contribution in [3.05, 3.63) is 29.8 Å². The number of anilines is 1. The normalized spacial score (nSPS) is 11.7. The van der Waals surface area contributed by atoms with Crippen LogP contribution in [0.25, 0.3) is 0 Å². The number of aryl methyl sites for hydroxylation is 1. The molecule has 112 valence electrons.